The van der Waals surface area contributed by atoms with Crippen LogP contribution in [0.1, 0.15) is 36.7 Å². The van der Waals surface area contributed by atoms with Gasteiger partial charge in [-0.2, -0.15) is 0 Å². The molecule has 0 spiro atoms. The summed E-state index contributed by atoms with van der Waals surface area (Å²) in [5.74, 6) is -0.957. The second kappa shape index (κ2) is 8.16. The summed E-state index contributed by atoms with van der Waals surface area (Å²) in [6, 6.07) is 2.65. The first-order valence-electron chi connectivity index (χ1n) is 8.18. The Hall–Kier alpha value is -2.64. The molecule has 0 atom stereocenters. The zero-order chi connectivity index (χ0) is 19.3. The van der Waals surface area contributed by atoms with Crippen molar-refractivity contribution < 1.29 is 27.8 Å². The van der Waals surface area contributed by atoms with Crippen LogP contribution in [0.5, 0.6) is 5.75 Å². The fourth-order valence-electron chi connectivity index (χ4n) is 2.37. The Morgan fingerprint density at radius 2 is 2.12 bits per heavy atom. The van der Waals surface area contributed by atoms with Crippen molar-refractivity contribution in [2.75, 3.05) is 19.7 Å². The monoisotopic (exact) mass is 368 g/mol. The molecule has 142 valence electrons. The lowest BCUT2D eigenvalue weighted by molar-refractivity contribution is 0.0531. The highest BCUT2D eigenvalue weighted by Gasteiger charge is 2.22. The van der Waals surface area contributed by atoms with Crippen molar-refractivity contribution in [1.82, 2.24) is 10.6 Å². The lowest BCUT2D eigenvalue weighted by Crippen LogP contribution is -2.34. The van der Waals surface area contributed by atoms with Crippen LogP contribution in [0.4, 0.5) is 13.6 Å². The minimum absolute atomic E-state index is 0.0106. The van der Waals surface area contributed by atoms with Gasteiger partial charge in [-0.25, -0.2) is 13.6 Å². The van der Waals surface area contributed by atoms with Crippen LogP contribution in [0, 0.1) is 5.82 Å². The summed E-state index contributed by atoms with van der Waals surface area (Å²) in [6.07, 6.45) is 0.128. The van der Waals surface area contributed by atoms with Gasteiger partial charge in [0.15, 0.2) is 0 Å². The SMILES string of the molecule is CC(C)(C)OC(=O)NC/C(=C/F)COc1cc(F)c2c(c1)CCNC2=O. The van der Waals surface area contributed by atoms with Gasteiger partial charge in [0.2, 0.25) is 0 Å². The number of hydrogen-bond acceptors (Lipinski definition) is 4. The van der Waals surface area contributed by atoms with Crippen LogP contribution in [0.15, 0.2) is 24.0 Å². The Kier molecular flexibility index (Phi) is 6.18. The van der Waals surface area contributed by atoms with E-state index in [9.17, 15) is 18.4 Å². The number of rotatable bonds is 5. The number of alkyl carbamates (subject to hydrolysis) is 1. The number of carbonyl (C=O) groups excluding carboxylic acids is 2. The number of nitrogens with one attached hydrogen (secondary N) is 2. The maximum absolute atomic E-state index is 14.1. The van der Waals surface area contributed by atoms with Crippen molar-refractivity contribution in [2.24, 2.45) is 0 Å². The van der Waals surface area contributed by atoms with E-state index in [-0.39, 0.29) is 30.0 Å². The molecule has 0 saturated heterocycles. The summed E-state index contributed by atoms with van der Waals surface area (Å²) in [4.78, 5) is 23.3. The minimum Gasteiger partial charge on any atom is -0.489 e. The van der Waals surface area contributed by atoms with Gasteiger partial charge in [0, 0.05) is 24.7 Å². The number of benzene rings is 1. The zero-order valence-corrected chi connectivity index (χ0v) is 14.9. The smallest absolute Gasteiger partial charge is 0.407 e. The van der Waals surface area contributed by atoms with Gasteiger partial charge in [-0.1, -0.05) is 0 Å². The lowest BCUT2D eigenvalue weighted by Gasteiger charge is -2.20. The Balaban J connectivity index is 1.94. The van der Waals surface area contributed by atoms with E-state index in [1.54, 1.807) is 26.8 Å². The second-order valence-electron chi connectivity index (χ2n) is 6.86. The zero-order valence-electron chi connectivity index (χ0n) is 14.9. The average molecular weight is 368 g/mol. The lowest BCUT2D eigenvalue weighted by atomic mass is 9.99. The van der Waals surface area contributed by atoms with Gasteiger partial charge < -0.3 is 20.1 Å². The van der Waals surface area contributed by atoms with Crippen molar-refractivity contribution in [2.45, 2.75) is 32.8 Å². The predicted molar refractivity (Wildman–Crippen MR) is 91.4 cm³/mol. The summed E-state index contributed by atoms with van der Waals surface area (Å²) < 4.78 is 37.5. The molecule has 8 heteroatoms. The van der Waals surface area contributed by atoms with Crippen molar-refractivity contribution in [3.8, 4) is 5.75 Å². The van der Waals surface area contributed by atoms with Gasteiger partial charge in [-0.15, -0.1) is 0 Å². The first-order chi connectivity index (χ1) is 12.2. The van der Waals surface area contributed by atoms with E-state index in [2.05, 4.69) is 10.6 Å². The van der Waals surface area contributed by atoms with Crippen LogP contribution >= 0.6 is 0 Å². The van der Waals surface area contributed by atoms with E-state index in [0.29, 0.717) is 24.9 Å². The number of amides is 2. The van der Waals surface area contributed by atoms with Crippen LogP contribution in [-0.4, -0.2) is 37.3 Å². The van der Waals surface area contributed by atoms with Gasteiger partial charge in [0.25, 0.3) is 5.91 Å². The van der Waals surface area contributed by atoms with Crippen LogP contribution in [0.3, 0.4) is 0 Å². The molecule has 1 heterocycles. The number of halogens is 2. The molecule has 2 N–H and O–H groups in total. The third-order valence-electron chi connectivity index (χ3n) is 3.49. The van der Waals surface area contributed by atoms with Crippen molar-refractivity contribution in [1.29, 1.82) is 0 Å². The number of carbonyl (C=O) groups is 2. The van der Waals surface area contributed by atoms with Gasteiger partial charge in [-0.3, -0.25) is 4.79 Å². The van der Waals surface area contributed by atoms with E-state index >= 15 is 0 Å². The molecule has 0 aliphatic carbocycles. The highest BCUT2D eigenvalue weighted by molar-refractivity contribution is 5.97. The summed E-state index contributed by atoms with van der Waals surface area (Å²) in [7, 11) is 0. The Labute approximate surface area is 150 Å². The molecular weight excluding hydrogens is 346 g/mol. The molecule has 2 rings (SSSR count). The third kappa shape index (κ3) is 5.44. The van der Waals surface area contributed by atoms with E-state index in [4.69, 9.17) is 9.47 Å². The molecule has 1 aromatic rings. The van der Waals surface area contributed by atoms with Crippen LogP contribution < -0.4 is 15.4 Å². The molecule has 1 aromatic carbocycles. The van der Waals surface area contributed by atoms with E-state index < -0.39 is 23.4 Å². The molecule has 1 aliphatic heterocycles. The first kappa shape index (κ1) is 19.7. The van der Waals surface area contributed by atoms with Gasteiger partial charge >= 0.3 is 6.09 Å². The standard InChI is InChI=1S/C18H22F2N2O4/c1-18(2,3)26-17(24)22-9-11(8-19)10-25-13-6-12-4-5-21-16(23)15(12)14(20)7-13/h6-8H,4-5,9-10H2,1-3H3,(H,21,23)(H,22,24)/b11-8-. The quantitative estimate of drug-likeness (QED) is 0.838. The molecule has 0 bridgehead atoms. The topological polar surface area (TPSA) is 76.7 Å². The summed E-state index contributed by atoms with van der Waals surface area (Å²) in [5, 5.41) is 4.99. The molecular formula is C18H22F2N2O4. The summed E-state index contributed by atoms with van der Waals surface area (Å²) >= 11 is 0. The normalized spacial score (nSPS) is 14.3. The molecule has 6 nitrogen and oxygen atoms in total. The molecule has 0 aromatic heterocycles. The highest BCUT2D eigenvalue weighted by Crippen LogP contribution is 2.24. The number of hydrogen-bond donors (Lipinski definition) is 2. The number of fused-ring (bicyclic) bond motifs is 1. The highest BCUT2D eigenvalue weighted by atomic mass is 19.1. The van der Waals surface area contributed by atoms with Crippen molar-refractivity contribution in [3.63, 3.8) is 0 Å². The van der Waals surface area contributed by atoms with Crippen molar-refractivity contribution in [3.05, 3.63) is 41.0 Å². The Bertz CT molecular complexity index is 727. The maximum Gasteiger partial charge on any atom is 0.407 e. The molecule has 0 fully saturated rings. The van der Waals surface area contributed by atoms with E-state index in [1.165, 1.54) is 0 Å². The minimum atomic E-state index is -0.688. The average Bonchev–Trinajstić information content (AvgIpc) is 2.53. The third-order valence-corrected chi connectivity index (χ3v) is 3.49. The Morgan fingerprint density at radius 1 is 1.38 bits per heavy atom. The Morgan fingerprint density at radius 3 is 2.77 bits per heavy atom. The van der Waals surface area contributed by atoms with Gasteiger partial charge in [-0.05, 0) is 38.8 Å². The molecule has 2 amide bonds. The predicted octanol–water partition coefficient (Wildman–Crippen LogP) is 2.87. The molecule has 1 aliphatic rings. The fourth-order valence-corrected chi connectivity index (χ4v) is 2.37. The van der Waals surface area contributed by atoms with Crippen LogP contribution in [0.25, 0.3) is 0 Å². The fraction of sp³-hybridized carbons (Fsp3) is 0.444. The van der Waals surface area contributed by atoms with Crippen molar-refractivity contribution >= 4 is 12.0 Å². The summed E-state index contributed by atoms with van der Waals surface area (Å²) in [5.41, 5.74) is 0.0391. The second-order valence-corrected chi connectivity index (χ2v) is 6.86. The molecule has 26 heavy (non-hydrogen) atoms. The van der Waals surface area contributed by atoms with Crippen LogP contribution in [-0.2, 0) is 11.2 Å². The molecule has 0 unspecified atom stereocenters. The maximum atomic E-state index is 14.1. The van der Waals surface area contributed by atoms with E-state index in [1.807, 2.05) is 0 Å². The van der Waals surface area contributed by atoms with Crippen LogP contribution in [0.2, 0.25) is 0 Å². The van der Waals surface area contributed by atoms with Gasteiger partial charge in [0.1, 0.15) is 23.8 Å². The summed E-state index contributed by atoms with van der Waals surface area (Å²) in [6.45, 7) is 5.27. The number of ether oxygens (including phenoxy) is 2. The molecule has 0 radical (unpaired) electrons. The van der Waals surface area contributed by atoms with Gasteiger partial charge in [0.05, 0.1) is 11.9 Å². The van der Waals surface area contributed by atoms with E-state index in [0.717, 1.165) is 6.07 Å². The molecule has 0 saturated carbocycles. The first-order valence-corrected chi connectivity index (χ1v) is 8.18. The largest absolute Gasteiger partial charge is 0.489 e.